The molecule has 4 N–H and O–H groups in total. The summed E-state index contributed by atoms with van der Waals surface area (Å²) in [6.45, 7) is 3.83. The topological polar surface area (TPSA) is 102 Å². The predicted octanol–water partition coefficient (Wildman–Crippen LogP) is 3.25. The van der Waals surface area contributed by atoms with Crippen molar-refractivity contribution in [2.75, 3.05) is 13.2 Å². The molecular formula is C19H24NO5PS. The van der Waals surface area contributed by atoms with Crippen LogP contribution in [0.15, 0.2) is 36.4 Å². The minimum absolute atomic E-state index is 0.203. The molecule has 1 heterocycles. The largest absolute Gasteiger partial charge is 0.481 e. The highest BCUT2D eigenvalue weighted by Gasteiger charge is 2.24. The Hall–Kier alpha value is -1.65. The molecule has 1 atom stereocenters. The van der Waals surface area contributed by atoms with Gasteiger partial charge in [0.2, 0.25) is 0 Å². The lowest BCUT2D eigenvalue weighted by Crippen LogP contribution is -2.41. The van der Waals surface area contributed by atoms with E-state index in [9.17, 15) is 4.57 Å². The molecule has 27 heavy (non-hydrogen) atoms. The third-order valence-electron chi connectivity index (χ3n) is 3.68. The van der Waals surface area contributed by atoms with Crippen LogP contribution in [0, 0.1) is 18.8 Å². The molecule has 0 aliphatic rings. The van der Waals surface area contributed by atoms with Crippen molar-refractivity contribution in [3.63, 3.8) is 0 Å². The van der Waals surface area contributed by atoms with Crippen LogP contribution in [-0.4, -0.2) is 28.5 Å². The highest BCUT2D eigenvalue weighted by Crippen LogP contribution is 2.37. The Kier molecular flexibility index (Phi) is 7.63. The number of thiophene rings is 1. The molecule has 1 aromatic carbocycles. The summed E-state index contributed by atoms with van der Waals surface area (Å²) in [5.74, 6) is 6.88. The van der Waals surface area contributed by atoms with Crippen molar-refractivity contribution in [1.29, 1.82) is 0 Å². The highest BCUT2D eigenvalue weighted by atomic mass is 32.1. The average molecular weight is 409 g/mol. The first-order chi connectivity index (χ1) is 12.6. The van der Waals surface area contributed by atoms with Gasteiger partial charge in [-0.3, -0.25) is 4.52 Å². The maximum Gasteiger partial charge on any atom is 0.469 e. The summed E-state index contributed by atoms with van der Waals surface area (Å²) in [7, 11) is -4.50. The molecule has 0 aliphatic heterocycles. The van der Waals surface area contributed by atoms with Crippen LogP contribution in [0.2, 0.25) is 0 Å². The molecule has 0 saturated heterocycles. The lowest BCUT2D eigenvalue weighted by atomic mass is 9.98. The molecule has 0 saturated carbocycles. The van der Waals surface area contributed by atoms with E-state index in [0.717, 1.165) is 21.1 Å². The van der Waals surface area contributed by atoms with E-state index in [-0.39, 0.29) is 6.61 Å². The maximum atomic E-state index is 10.8. The van der Waals surface area contributed by atoms with Crippen molar-refractivity contribution in [2.45, 2.75) is 32.2 Å². The number of hydrogen-bond donors (Lipinski definition) is 3. The van der Waals surface area contributed by atoms with E-state index in [0.29, 0.717) is 19.4 Å². The Balaban J connectivity index is 1.80. The Labute approximate surface area is 163 Å². The minimum atomic E-state index is -4.50. The summed E-state index contributed by atoms with van der Waals surface area (Å²) >= 11 is 1.57. The second-order valence-electron chi connectivity index (χ2n) is 6.59. The first kappa shape index (κ1) is 21.6. The van der Waals surface area contributed by atoms with E-state index in [1.807, 2.05) is 43.3 Å². The van der Waals surface area contributed by atoms with Crippen LogP contribution >= 0.6 is 19.2 Å². The van der Waals surface area contributed by atoms with Gasteiger partial charge in [-0.25, -0.2) is 4.57 Å². The normalized spacial score (nSPS) is 13.5. The molecule has 0 spiro atoms. The number of hydrogen-bond acceptors (Lipinski definition) is 5. The Morgan fingerprint density at radius 2 is 2.07 bits per heavy atom. The van der Waals surface area contributed by atoms with Gasteiger partial charge in [0.25, 0.3) is 0 Å². The molecule has 0 aliphatic carbocycles. The van der Waals surface area contributed by atoms with Crippen molar-refractivity contribution in [2.24, 2.45) is 5.73 Å². The van der Waals surface area contributed by atoms with E-state index < -0.39 is 13.4 Å². The fourth-order valence-corrected chi connectivity index (χ4v) is 3.58. The quantitative estimate of drug-likeness (QED) is 0.457. The van der Waals surface area contributed by atoms with Crippen molar-refractivity contribution < 1.29 is 23.6 Å². The number of nitrogens with two attached hydrogens (primary N) is 1. The summed E-state index contributed by atoms with van der Waals surface area (Å²) in [6, 6.07) is 11.7. The standard InChI is InChI=1S/C19H24NO5PS/c1-15-5-3-6-16(13-15)24-12-4-7-17-8-9-18(27-17)10-11-19(2,20)14-25-26(21,22)23/h3,5-6,8-9,13H,10-12,14,20H2,1-2H3,(H2,21,22,23). The lowest BCUT2D eigenvalue weighted by molar-refractivity contribution is 0.154. The molecule has 0 fully saturated rings. The Bertz CT molecular complexity index is 862. The van der Waals surface area contributed by atoms with Crippen LogP contribution in [0.5, 0.6) is 5.75 Å². The van der Waals surface area contributed by atoms with Gasteiger partial charge in [0, 0.05) is 10.4 Å². The Morgan fingerprint density at radius 3 is 2.78 bits per heavy atom. The average Bonchev–Trinajstić information content (AvgIpc) is 3.03. The van der Waals surface area contributed by atoms with Gasteiger partial charge in [-0.1, -0.05) is 24.0 Å². The van der Waals surface area contributed by atoms with Gasteiger partial charge in [-0.15, -0.1) is 11.3 Å². The van der Waals surface area contributed by atoms with Crippen molar-refractivity contribution in [1.82, 2.24) is 0 Å². The molecule has 146 valence electrons. The lowest BCUT2D eigenvalue weighted by Gasteiger charge is -2.24. The first-order valence-corrected chi connectivity index (χ1v) is 10.7. The van der Waals surface area contributed by atoms with Crippen molar-refractivity contribution in [3.05, 3.63) is 51.7 Å². The maximum absolute atomic E-state index is 10.8. The third-order valence-corrected chi connectivity index (χ3v) is 5.20. The number of phosphoric acid groups is 1. The van der Waals surface area contributed by atoms with Crippen LogP contribution in [-0.2, 0) is 15.5 Å². The summed E-state index contributed by atoms with van der Waals surface area (Å²) in [5.41, 5.74) is 6.35. The predicted molar refractivity (Wildman–Crippen MR) is 107 cm³/mol. The fraction of sp³-hybridized carbons (Fsp3) is 0.368. The smallest absolute Gasteiger partial charge is 0.469 e. The molecule has 2 rings (SSSR count). The summed E-state index contributed by atoms with van der Waals surface area (Å²) in [4.78, 5) is 19.6. The van der Waals surface area contributed by atoms with Gasteiger partial charge in [-0.05, 0) is 56.5 Å². The zero-order valence-electron chi connectivity index (χ0n) is 15.3. The van der Waals surface area contributed by atoms with Gasteiger partial charge >= 0.3 is 7.82 Å². The van der Waals surface area contributed by atoms with Gasteiger partial charge < -0.3 is 20.3 Å². The van der Waals surface area contributed by atoms with E-state index in [2.05, 4.69) is 16.4 Å². The first-order valence-electron chi connectivity index (χ1n) is 8.39. The second kappa shape index (κ2) is 9.52. The van der Waals surface area contributed by atoms with E-state index in [1.165, 1.54) is 0 Å². The third kappa shape index (κ3) is 8.72. The van der Waals surface area contributed by atoms with Crippen LogP contribution in [0.1, 0.15) is 28.7 Å². The Morgan fingerprint density at radius 1 is 1.30 bits per heavy atom. The summed E-state index contributed by atoms with van der Waals surface area (Å²) in [5, 5.41) is 0. The molecule has 0 radical (unpaired) electrons. The van der Waals surface area contributed by atoms with E-state index in [1.54, 1.807) is 18.3 Å². The molecule has 8 heteroatoms. The zero-order valence-corrected chi connectivity index (χ0v) is 17.1. The fourth-order valence-electron chi connectivity index (χ4n) is 2.24. The van der Waals surface area contributed by atoms with Crippen molar-refractivity contribution >= 4 is 19.2 Å². The summed E-state index contributed by atoms with van der Waals surface area (Å²) in [6.07, 6.45) is 1.22. The van der Waals surface area contributed by atoms with Gasteiger partial charge in [0.15, 0.2) is 0 Å². The number of aryl methyl sites for hydroxylation is 2. The van der Waals surface area contributed by atoms with Crippen LogP contribution in [0.4, 0.5) is 0 Å². The van der Waals surface area contributed by atoms with Crippen LogP contribution in [0.3, 0.4) is 0 Å². The number of rotatable bonds is 8. The number of phosphoric ester groups is 1. The number of benzene rings is 1. The van der Waals surface area contributed by atoms with Crippen LogP contribution < -0.4 is 10.5 Å². The van der Waals surface area contributed by atoms with Gasteiger partial charge in [-0.2, -0.15) is 0 Å². The second-order valence-corrected chi connectivity index (χ2v) is 9.00. The summed E-state index contributed by atoms with van der Waals surface area (Å²) < 4.78 is 20.9. The van der Waals surface area contributed by atoms with E-state index in [4.69, 9.17) is 20.3 Å². The molecule has 0 amide bonds. The minimum Gasteiger partial charge on any atom is -0.481 e. The molecular weight excluding hydrogens is 385 g/mol. The highest BCUT2D eigenvalue weighted by molar-refractivity contribution is 7.46. The van der Waals surface area contributed by atoms with Crippen LogP contribution in [0.25, 0.3) is 0 Å². The SMILES string of the molecule is Cc1cccc(OCC#Cc2ccc(CCC(C)(N)COP(=O)(O)O)s2)c1. The van der Waals surface area contributed by atoms with Crippen molar-refractivity contribution in [3.8, 4) is 17.6 Å². The molecule has 6 nitrogen and oxygen atoms in total. The monoisotopic (exact) mass is 409 g/mol. The molecule has 1 aromatic heterocycles. The molecule has 1 unspecified atom stereocenters. The van der Waals surface area contributed by atoms with Gasteiger partial charge in [0.05, 0.1) is 11.5 Å². The van der Waals surface area contributed by atoms with Gasteiger partial charge in [0.1, 0.15) is 12.4 Å². The number of ether oxygens (including phenoxy) is 1. The zero-order chi connectivity index (χ0) is 19.9. The van der Waals surface area contributed by atoms with E-state index >= 15 is 0 Å². The molecule has 0 bridgehead atoms. The molecule has 2 aromatic rings.